The molecular formula is C13H25N3O. The average Bonchev–Trinajstić information content (AvgIpc) is 2.38. The lowest BCUT2D eigenvalue weighted by atomic mass is 10.1. The summed E-state index contributed by atoms with van der Waals surface area (Å²) in [6, 6.07) is 0.00755. The third kappa shape index (κ3) is 4.88. The predicted octanol–water partition coefficient (Wildman–Crippen LogP) is 0.753. The molecule has 98 valence electrons. The van der Waals surface area contributed by atoms with Crippen LogP contribution in [0.4, 0.5) is 0 Å². The number of carbonyl (C=O) groups is 1. The second kappa shape index (κ2) is 8.25. The Bertz CT molecular complexity index is 243. The van der Waals surface area contributed by atoms with Gasteiger partial charge in [0.05, 0.1) is 0 Å². The van der Waals surface area contributed by atoms with Crippen molar-refractivity contribution in [1.29, 1.82) is 0 Å². The van der Waals surface area contributed by atoms with Crippen LogP contribution in [0.5, 0.6) is 0 Å². The molecule has 1 unspecified atom stereocenters. The minimum Gasteiger partial charge on any atom is -0.358 e. The first kappa shape index (κ1) is 14.2. The molecule has 4 heteroatoms. The second-order valence-electron chi connectivity index (χ2n) is 4.51. The maximum atomic E-state index is 11.7. The number of nitrogens with one attached hydrogen (secondary N) is 2. The SMILES string of the molecule is C=CCCCCCN1CCNCC1C(=O)NC. The number of hydrogen-bond donors (Lipinski definition) is 2. The lowest BCUT2D eigenvalue weighted by molar-refractivity contribution is -0.126. The second-order valence-corrected chi connectivity index (χ2v) is 4.51. The molecule has 1 amide bonds. The smallest absolute Gasteiger partial charge is 0.238 e. The largest absolute Gasteiger partial charge is 0.358 e. The molecule has 0 saturated carbocycles. The molecule has 17 heavy (non-hydrogen) atoms. The third-order valence-corrected chi connectivity index (χ3v) is 3.26. The van der Waals surface area contributed by atoms with E-state index in [2.05, 4.69) is 22.1 Å². The highest BCUT2D eigenvalue weighted by atomic mass is 16.2. The monoisotopic (exact) mass is 239 g/mol. The van der Waals surface area contributed by atoms with Crippen LogP contribution in [0, 0.1) is 0 Å². The lowest BCUT2D eigenvalue weighted by Gasteiger charge is -2.34. The van der Waals surface area contributed by atoms with Crippen LogP contribution in [-0.4, -0.2) is 50.1 Å². The summed E-state index contributed by atoms with van der Waals surface area (Å²) in [7, 11) is 1.71. The van der Waals surface area contributed by atoms with Crippen molar-refractivity contribution < 1.29 is 4.79 Å². The van der Waals surface area contributed by atoms with Gasteiger partial charge in [-0.05, 0) is 25.8 Å². The number of allylic oxidation sites excluding steroid dienone is 1. The first-order chi connectivity index (χ1) is 8.29. The van der Waals surface area contributed by atoms with E-state index < -0.39 is 0 Å². The van der Waals surface area contributed by atoms with Crippen LogP contribution in [0.1, 0.15) is 25.7 Å². The molecule has 4 nitrogen and oxygen atoms in total. The summed E-state index contributed by atoms with van der Waals surface area (Å²) in [4.78, 5) is 14.0. The maximum Gasteiger partial charge on any atom is 0.238 e. The summed E-state index contributed by atoms with van der Waals surface area (Å²) < 4.78 is 0. The van der Waals surface area contributed by atoms with Crippen LogP contribution < -0.4 is 10.6 Å². The molecule has 1 fully saturated rings. The minimum absolute atomic E-state index is 0.00755. The van der Waals surface area contributed by atoms with Crippen LogP contribution in [0.25, 0.3) is 0 Å². The average molecular weight is 239 g/mol. The van der Waals surface area contributed by atoms with E-state index in [0.29, 0.717) is 0 Å². The zero-order valence-electron chi connectivity index (χ0n) is 10.9. The number of nitrogens with zero attached hydrogens (tertiary/aromatic N) is 1. The summed E-state index contributed by atoms with van der Waals surface area (Å²) in [6.07, 6.45) is 6.66. The van der Waals surface area contributed by atoms with Gasteiger partial charge in [-0.3, -0.25) is 9.69 Å². The van der Waals surface area contributed by atoms with Crippen molar-refractivity contribution in [3.8, 4) is 0 Å². The highest BCUT2D eigenvalue weighted by Crippen LogP contribution is 2.07. The van der Waals surface area contributed by atoms with Gasteiger partial charge < -0.3 is 10.6 Å². The van der Waals surface area contributed by atoms with E-state index in [0.717, 1.165) is 32.6 Å². The summed E-state index contributed by atoms with van der Waals surface area (Å²) in [6.45, 7) is 7.48. The van der Waals surface area contributed by atoms with Gasteiger partial charge in [0.2, 0.25) is 5.91 Å². The van der Waals surface area contributed by atoms with Crippen molar-refractivity contribution in [2.24, 2.45) is 0 Å². The zero-order valence-corrected chi connectivity index (χ0v) is 10.9. The Balaban J connectivity index is 2.27. The first-order valence-electron chi connectivity index (χ1n) is 6.57. The van der Waals surface area contributed by atoms with Gasteiger partial charge in [0, 0.05) is 26.7 Å². The van der Waals surface area contributed by atoms with Gasteiger partial charge in [-0.15, -0.1) is 6.58 Å². The lowest BCUT2D eigenvalue weighted by Crippen LogP contribution is -2.57. The fraction of sp³-hybridized carbons (Fsp3) is 0.769. The van der Waals surface area contributed by atoms with Crippen LogP contribution in [0.2, 0.25) is 0 Å². The van der Waals surface area contributed by atoms with E-state index in [1.807, 2.05) is 6.08 Å². The van der Waals surface area contributed by atoms with Gasteiger partial charge in [-0.2, -0.15) is 0 Å². The molecule has 0 bridgehead atoms. The molecule has 0 aromatic heterocycles. The maximum absolute atomic E-state index is 11.7. The van der Waals surface area contributed by atoms with Gasteiger partial charge in [-0.25, -0.2) is 0 Å². The number of hydrogen-bond acceptors (Lipinski definition) is 3. The molecule has 0 aromatic carbocycles. The van der Waals surface area contributed by atoms with E-state index in [-0.39, 0.29) is 11.9 Å². The molecule has 1 atom stereocenters. The number of rotatable bonds is 7. The normalized spacial score (nSPS) is 21.1. The fourth-order valence-corrected chi connectivity index (χ4v) is 2.22. The molecule has 0 aromatic rings. The zero-order chi connectivity index (χ0) is 12.5. The Morgan fingerprint density at radius 2 is 2.35 bits per heavy atom. The molecule has 0 radical (unpaired) electrons. The van der Waals surface area contributed by atoms with E-state index in [9.17, 15) is 4.79 Å². The van der Waals surface area contributed by atoms with Crippen LogP contribution in [-0.2, 0) is 4.79 Å². The van der Waals surface area contributed by atoms with Gasteiger partial charge in [0.1, 0.15) is 6.04 Å². The van der Waals surface area contributed by atoms with E-state index >= 15 is 0 Å². The number of carbonyl (C=O) groups excluding carboxylic acids is 1. The van der Waals surface area contributed by atoms with Gasteiger partial charge in [-0.1, -0.05) is 12.5 Å². The Kier molecular flexibility index (Phi) is 6.89. The number of unbranched alkanes of at least 4 members (excludes halogenated alkanes) is 3. The summed E-state index contributed by atoms with van der Waals surface area (Å²) in [5, 5.41) is 6.02. The van der Waals surface area contributed by atoms with Crippen molar-refractivity contribution in [2.45, 2.75) is 31.7 Å². The summed E-state index contributed by atoms with van der Waals surface area (Å²) in [5.74, 6) is 0.128. The minimum atomic E-state index is 0.00755. The third-order valence-electron chi connectivity index (χ3n) is 3.26. The van der Waals surface area contributed by atoms with Crippen molar-refractivity contribution in [3.63, 3.8) is 0 Å². The Hall–Kier alpha value is -0.870. The number of piperazine rings is 1. The quantitative estimate of drug-likeness (QED) is 0.509. The van der Waals surface area contributed by atoms with Crippen molar-refractivity contribution >= 4 is 5.91 Å². The molecule has 0 aliphatic carbocycles. The number of amides is 1. The highest BCUT2D eigenvalue weighted by molar-refractivity contribution is 5.81. The molecule has 2 N–H and O–H groups in total. The standard InChI is InChI=1S/C13H25N3O/c1-3-4-5-6-7-9-16-10-8-15-11-12(16)13(17)14-2/h3,12,15H,1,4-11H2,2H3,(H,14,17). The van der Waals surface area contributed by atoms with E-state index in [4.69, 9.17) is 0 Å². The predicted molar refractivity (Wildman–Crippen MR) is 71.0 cm³/mol. The fourth-order valence-electron chi connectivity index (χ4n) is 2.22. The Morgan fingerprint density at radius 3 is 3.06 bits per heavy atom. The van der Waals surface area contributed by atoms with Crippen molar-refractivity contribution in [3.05, 3.63) is 12.7 Å². The van der Waals surface area contributed by atoms with Crippen molar-refractivity contribution in [2.75, 3.05) is 33.2 Å². The topological polar surface area (TPSA) is 44.4 Å². The molecular weight excluding hydrogens is 214 g/mol. The van der Waals surface area contributed by atoms with Gasteiger partial charge in [0.15, 0.2) is 0 Å². The van der Waals surface area contributed by atoms with Crippen LogP contribution in [0.3, 0.4) is 0 Å². The first-order valence-corrected chi connectivity index (χ1v) is 6.57. The Labute approximate surface area is 104 Å². The highest BCUT2D eigenvalue weighted by Gasteiger charge is 2.26. The molecule has 1 rings (SSSR count). The van der Waals surface area contributed by atoms with Crippen LogP contribution in [0.15, 0.2) is 12.7 Å². The van der Waals surface area contributed by atoms with E-state index in [1.54, 1.807) is 7.05 Å². The summed E-state index contributed by atoms with van der Waals surface area (Å²) >= 11 is 0. The molecule has 1 heterocycles. The molecule has 1 aliphatic heterocycles. The number of likely N-dealkylation sites (N-methyl/N-ethyl adjacent to an activating group) is 1. The summed E-state index contributed by atoms with van der Waals surface area (Å²) in [5.41, 5.74) is 0. The molecule has 0 spiro atoms. The Morgan fingerprint density at radius 1 is 1.53 bits per heavy atom. The van der Waals surface area contributed by atoms with Crippen LogP contribution >= 0.6 is 0 Å². The van der Waals surface area contributed by atoms with Gasteiger partial charge >= 0.3 is 0 Å². The molecule has 1 saturated heterocycles. The van der Waals surface area contributed by atoms with E-state index in [1.165, 1.54) is 19.3 Å². The van der Waals surface area contributed by atoms with Crippen molar-refractivity contribution in [1.82, 2.24) is 15.5 Å². The molecule has 1 aliphatic rings. The van der Waals surface area contributed by atoms with Gasteiger partial charge in [0.25, 0.3) is 0 Å².